The maximum atomic E-state index is 6.22. The van der Waals surface area contributed by atoms with E-state index in [1.54, 1.807) is 0 Å². The van der Waals surface area contributed by atoms with Crippen molar-refractivity contribution in [2.24, 2.45) is 17.6 Å². The first-order chi connectivity index (χ1) is 7.29. The molecule has 4 heteroatoms. The number of aromatic nitrogens is 2. The lowest BCUT2D eigenvalue weighted by Gasteiger charge is -2.24. The molecule has 2 bridgehead atoms. The Kier molecular flexibility index (Phi) is 2.06. The molecule has 2 aliphatic carbocycles. The number of hydrogen-bond acceptors (Lipinski definition) is 4. The normalized spacial score (nSPS) is 38.8. The molecule has 4 nitrogen and oxygen atoms in total. The summed E-state index contributed by atoms with van der Waals surface area (Å²) in [6, 6.07) is 0.244. The number of nitrogens with two attached hydrogens (primary N) is 1. The maximum absolute atomic E-state index is 6.22. The van der Waals surface area contributed by atoms with Gasteiger partial charge in [-0.25, -0.2) is 0 Å². The van der Waals surface area contributed by atoms with Crippen LogP contribution >= 0.6 is 0 Å². The molecule has 1 aromatic heterocycles. The molecule has 82 valence electrons. The Labute approximate surface area is 89.2 Å². The Hall–Kier alpha value is -0.900. The summed E-state index contributed by atoms with van der Waals surface area (Å²) >= 11 is 0. The van der Waals surface area contributed by atoms with Crippen LogP contribution in [0.2, 0.25) is 0 Å². The van der Waals surface area contributed by atoms with Crippen molar-refractivity contribution >= 4 is 0 Å². The average molecular weight is 207 g/mol. The van der Waals surface area contributed by atoms with Crippen molar-refractivity contribution in [3.63, 3.8) is 0 Å². The van der Waals surface area contributed by atoms with E-state index < -0.39 is 0 Å². The lowest BCUT2D eigenvalue weighted by atomic mass is 9.85. The minimum Gasteiger partial charge on any atom is -0.339 e. The molecule has 1 heterocycles. The summed E-state index contributed by atoms with van der Waals surface area (Å²) in [7, 11) is 0. The summed E-state index contributed by atoms with van der Waals surface area (Å²) in [6.07, 6.45) is 4.67. The topological polar surface area (TPSA) is 64.9 Å². The van der Waals surface area contributed by atoms with E-state index in [1.807, 2.05) is 6.92 Å². The van der Waals surface area contributed by atoms with Crippen molar-refractivity contribution in [3.05, 3.63) is 11.7 Å². The summed E-state index contributed by atoms with van der Waals surface area (Å²) < 4.78 is 5.32. The monoisotopic (exact) mass is 207 g/mol. The Morgan fingerprint density at radius 2 is 2.20 bits per heavy atom. The van der Waals surface area contributed by atoms with Gasteiger partial charge >= 0.3 is 0 Å². The van der Waals surface area contributed by atoms with Crippen LogP contribution < -0.4 is 5.73 Å². The second-order valence-corrected chi connectivity index (χ2v) is 4.84. The second-order valence-electron chi connectivity index (χ2n) is 4.84. The molecule has 0 spiro atoms. The average Bonchev–Trinajstić information content (AvgIpc) is 2.90. The van der Waals surface area contributed by atoms with Crippen LogP contribution in [0.25, 0.3) is 0 Å². The van der Waals surface area contributed by atoms with Gasteiger partial charge < -0.3 is 10.3 Å². The van der Waals surface area contributed by atoms with Gasteiger partial charge in [0.1, 0.15) is 0 Å². The Bertz CT molecular complexity index is 360. The van der Waals surface area contributed by atoms with Crippen LogP contribution in [-0.2, 0) is 6.42 Å². The van der Waals surface area contributed by atoms with Crippen molar-refractivity contribution in [1.29, 1.82) is 0 Å². The largest absolute Gasteiger partial charge is 0.339 e. The van der Waals surface area contributed by atoms with E-state index in [9.17, 15) is 0 Å². The van der Waals surface area contributed by atoms with Crippen LogP contribution in [0.5, 0.6) is 0 Å². The zero-order chi connectivity index (χ0) is 10.4. The van der Waals surface area contributed by atoms with Gasteiger partial charge in [-0.1, -0.05) is 12.1 Å². The van der Waals surface area contributed by atoms with Gasteiger partial charge in [-0.15, -0.1) is 0 Å². The molecule has 4 atom stereocenters. The zero-order valence-corrected chi connectivity index (χ0v) is 9.02. The van der Waals surface area contributed by atoms with Crippen molar-refractivity contribution in [1.82, 2.24) is 10.1 Å². The van der Waals surface area contributed by atoms with Crippen molar-refractivity contribution in [3.8, 4) is 0 Å². The summed E-state index contributed by atoms with van der Waals surface area (Å²) in [5.41, 5.74) is 6.22. The van der Waals surface area contributed by atoms with Crippen LogP contribution in [-0.4, -0.2) is 16.2 Å². The molecule has 4 unspecified atom stereocenters. The number of hydrogen-bond donors (Lipinski definition) is 1. The molecule has 3 rings (SSSR count). The highest BCUT2D eigenvalue weighted by Crippen LogP contribution is 2.51. The van der Waals surface area contributed by atoms with Gasteiger partial charge in [-0.05, 0) is 31.1 Å². The molecule has 2 fully saturated rings. The molecular formula is C11H17N3O. The van der Waals surface area contributed by atoms with E-state index in [0.29, 0.717) is 17.8 Å². The molecule has 2 N–H and O–H groups in total. The highest BCUT2D eigenvalue weighted by Gasteiger charge is 2.48. The lowest BCUT2D eigenvalue weighted by molar-refractivity contribution is 0.278. The molecule has 0 amide bonds. The number of fused-ring (bicyclic) bond motifs is 2. The summed E-state index contributed by atoms with van der Waals surface area (Å²) in [6.45, 7) is 2.04. The van der Waals surface area contributed by atoms with Gasteiger partial charge in [0, 0.05) is 12.5 Å². The molecule has 0 saturated heterocycles. The van der Waals surface area contributed by atoms with Gasteiger partial charge in [0.25, 0.3) is 0 Å². The smallest absolute Gasteiger partial charge is 0.231 e. The third kappa shape index (κ3) is 1.31. The lowest BCUT2D eigenvalue weighted by Crippen LogP contribution is -2.34. The van der Waals surface area contributed by atoms with Gasteiger partial charge in [-0.2, -0.15) is 4.98 Å². The standard InChI is InChI=1S/C11H17N3O/c1-2-8-13-11(15-14-8)9-6-3-4-7(5-6)10(9)12/h6-7,9-10H,2-5,12H2,1H3. The van der Waals surface area contributed by atoms with Crippen LogP contribution in [0.3, 0.4) is 0 Å². The van der Waals surface area contributed by atoms with Gasteiger partial charge in [0.2, 0.25) is 5.89 Å². The summed E-state index contributed by atoms with van der Waals surface area (Å²) in [5.74, 6) is 3.30. The molecule has 2 saturated carbocycles. The Morgan fingerprint density at radius 3 is 2.80 bits per heavy atom. The van der Waals surface area contributed by atoms with E-state index in [-0.39, 0.29) is 6.04 Å². The predicted octanol–water partition coefficient (Wildman–Crippen LogP) is 1.47. The summed E-state index contributed by atoms with van der Waals surface area (Å²) in [5, 5.41) is 3.96. The maximum Gasteiger partial charge on any atom is 0.231 e. The molecule has 0 aromatic carbocycles. The van der Waals surface area contributed by atoms with E-state index in [1.165, 1.54) is 19.3 Å². The molecule has 15 heavy (non-hydrogen) atoms. The SMILES string of the molecule is CCc1noc(C2C3CCC(C3)C2N)n1. The Balaban J connectivity index is 1.87. The highest BCUT2D eigenvalue weighted by molar-refractivity contribution is 5.11. The molecule has 0 radical (unpaired) electrons. The number of rotatable bonds is 2. The fourth-order valence-corrected chi connectivity index (χ4v) is 3.25. The molecule has 1 aromatic rings. The molecule has 0 aliphatic heterocycles. The Morgan fingerprint density at radius 1 is 1.40 bits per heavy atom. The molecular weight excluding hydrogens is 190 g/mol. The van der Waals surface area contributed by atoms with Crippen LogP contribution in [0.1, 0.15) is 43.8 Å². The fraction of sp³-hybridized carbons (Fsp3) is 0.818. The first-order valence-electron chi connectivity index (χ1n) is 5.87. The first-order valence-corrected chi connectivity index (χ1v) is 5.87. The van der Waals surface area contributed by atoms with E-state index in [0.717, 1.165) is 18.1 Å². The zero-order valence-electron chi connectivity index (χ0n) is 9.02. The highest BCUT2D eigenvalue weighted by atomic mass is 16.5. The van der Waals surface area contributed by atoms with Crippen LogP contribution in [0, 0.1) is 11.8 Å². The third-order valence-electron chi connectivity index (χ3n) is 4.07. The van der Waals surface area contributed by atoms with Crippen LogP contribution in [0.15, 0.2) is 4.52 Å². The first kappa shape index (κ1) is 9.33. The van der Waals surface area contributed by atoms with E-state index >= 15 is 0 Å². The fourth-order valence-electron chi connectivity index (χ4n) is 3.25. The van der Waals surface area contributed by atoms with Crippen molar-refractivity contribution in [2.75, 3.05) is 0 Å². The predicted molar refractivity (Wildman–Crippen MR) is 55.2 cm³/mol. The van der Waals surface area contributed by atoms with E-state index in [4.69, 9.17) is 10.3 Å². The van der Waals surface area contributed by atoms with Gasteiger partial charge in [-0.3, -0.25) is 0 Å². The van der Waals surface area contributed by atoms with Crippen molar-refractivity contribution in [2.45, 2.75) is 44.6 Å². The minimum absolute atomic E-state index is 0.244. The van der Waals surface area contributed by atoms with Gasteiger partial charge in [0.05, 0.1) is 5.92 Å². The molecule has 2 aliphatic rings. The van der Waals surface area contributed by atoms with Crippen molar-refractivity contribution < 1.29 is 4.52 Å². The second kappa shape index (κ2) is 3.30. The van der Waals surface area contributed by atoms with Crippen LogP contribution in [0.4, 0.5) is 0 Å². The number of aryl methyl sites for hydroxylation is 1. The minimum atomic E-state index is 0.244. The number of nitrogens with zero attached hydrogens (tertiary/aromatic N) is 2. The van der Waals surface area contributed by atoms with Gasteiger partial charge in [0.15, 0.2) is 5.82 Å². The quantitative estimate of drug-likeness (QED) is 0.797. The third-order valence-corrected chi connectivity index (χ3v) is 4.07. The summed E-state index contributed by atoms with van der Waals surface area (Å²) in [4.78, 5) is 4.42. The van der Waals surface area contributed by atoms with E-state index in [2.05, 4.69) is 10.1 Å².